The molecule has 2 N–H and O–H groups in total. The van der Waals surface area contributed by atoms with Crippen molar-refractivity contribution in [1.29, 1.82) is 0 Å². The van der Waals surface area contributed by atoms with Crippen LogP contribution in [0.15, 0.2) is 24.3 Å². The first-order chi connectivity index (χ1) is 10.7. The standard InChI is InChI=1S/C19H28N2O/c1-15-6-5-7-17(12-15)19(9-3-2-4-10-19)14-21-18(22)16-8-11-20-13-16/h5-7,12,16,20H,2-4,8-11,13-14H2,1H3,(H,21,22). The molecule has 3 nitrogen and oxygen atoms in total. The summed E-state index contributed by atoms with van der Waals surface area (Å²) in [5, 5.41) is 6.55. The van der Waals surface area contributed by atoms with E-state index in [0.717, 1.165) is 26.1 Å². The summed E-state index contributed by atoms with van der Waals surface area (Å²) in [5.41, 5.74) is 2.87. The lowest BCUT2D eigenvalue weighted by molar-refractivity contribution is -0.124. The Bertz CT molecular complexity index is 514. The predicted octanol–water partition coefficient (Wildman–Crippen LogP) is 2.92. The molecule has 1 saturated heterocycles. The quantitative estimate of drug-likeness (QED) is 0.897. The number of carbonyl (C=O) groups excluding carboxylic acids is 1. The summed E-state index contributed by atoms with van der Waals surface area (Å²) in [7, 11) is 0. The Labute approximate surface area is 133 Å². The molecule has 0 radical (unpaired) electrons. The van der Waals surface area contributed by atoms with E-state index >= 15 is 0 Å². The molecule has 0 spiro atoms. The highest BCUT2D eigenvalue weighted by Crippen LogP contribution is 2.39. The topological polar surface area (TPSA) is 41.1 Å². The molecule has 1 aromatic rings. The van der Waals surface area contributed by atoms with E-state index in [2.05, 4.69) is 41.8 Å². The van der Waals surface area contributed by atoms with E-state index in [-0.39, 0.29) is 17.2 Å². The van der Waals surface area contributed by atoms with Crippen LogP contribution >= 0.6 is 0 Å². The van der Waals surface area contributed by atoms with Crippen molar-refractivity contribution in [1.82, 2.24) is 10.6 Å². The van der Waals surface area contributed by atoms with Crippen LogP contribution in [0, 0.1) is 12.8 Å². The van der Waals surface area contributed by atoms with E-state index in [1.165, 1.54) is 43.2 Å². The van der Waals surface area contributed by atoms with Gasteiger partial charge in [-0.2, -0.15) is 0 Å². The summed E-state index contributed by atoms with van der Waals surface area (Å²) < 4.78 is 0. The van der Waals surface area contributed by atoms with Crippen LogP contribution in [0.1, 0.15) is 49.7 Å². The molecule has 0 bridgehead atoms. The van der Waals surface area contributed by atoms with Gasteiger partial charge in [0.15, 0.2) is 0 Å². The van der Waals surface area contributed by atoms with Crippen LogP contribution in [0.3, 0.4) is 0 Å². The molecule has 22 heavy (non-hydrogen) atoms. The van der Waals surface area contributed by atoms with Gasteiger partial charge in [0.05, 0.1) is 5.92 Å². The lowest BCUT2D eigenvalue weighted by atomic mass is 9.69. The summed E-state index contributed by atoms with van der Waals surface area (Å²) >= 11 is 0. The largest absolute Gasteiger partial charge is 0.355 e. The zero-order valence-electron chi connectivity index (χ0n) is 13.7. The minimum atomic E-state index is 0.145. The number of hydrogen-bond acceptors (Lipinski definition) is 2. The van der Waals surface area contributed by atoms with Gasteiger partial charge in [-0.05, 0) is 38.3 Å². The van der Waals surface area contributed by atoms with Crippen LogP contribution in [-0.4, -0.2) is 25.5 Å². The highest BCUT2D eigenvalue weighted by Gasteiger charge is 2.35. The zero-order chi connectivity index (χ0) is 15.4. The molecule has 1 atom stereocenters. The van der Waals surface area contributed by atoms with Gasteiger partial charge in [0.1, 0.15) is 0 Å². The molecule has 1 aliphatic heterocycles. The maximum atomic E-state index is 12.4. The predicted molar refractivity (Wildman–Crippen MR) is 89.9 cm³/mol. The van der Waals surface area contributed by atoms with Gasteiger partial charge in [-0.15, -0.1) is 0 Å². The van der Waals surface area contributed by atoms with Crippen LogP contribution in [0.25, 0.3) is 0 Å². The van der Waals surface area contributed by atoms with Crippen molar-refractivity contribution in [2.75, 3.05) is 19.6 Å². The molecule has 2 fully saturated rings. The molecular formula is C19H28N2O. The SMILES string of the molecule is Cc1cccc(C2(CNC(=O)C3CCNC3)CCCCC2)c1. The second-order valence-corrected chi connectivity index (χ2v) is 7.12. The van der Waals surface area contributed by atoms with Crippen LogP contribution in [0.5, 0.6) is 0 Å². The first kappa shape index (κ1) is 15.5. The molecule has 1 saturated carbocycles. The number of rotatable bonds is 4. The monoisotopic (exact) mass is 300 g/mol. The summed E-state index contributed by atoms with van der Waals surface area (Å²) in [5.74, 6) is 0.403. The molecular weight excluding hydrogens is 272 g/mol. The van der Waals surface area contributed by atoms with Crippen LogP contribution in [0.4, 0.5) is 0 Å². The maximum absolute atomic E-state index is 12.4. The molecule has 3 heteroatoms. The molecule has 2 aliphatic rings. The fourth-order valence-electron chi connectivity index (χ4n) is 4.05. The molecule has 1 unspecified atom stereocenters. The number of nitrogens with one attached hydrogen (secondary N) is 2. The molecule has 0 aromatic heterocycles. The molecule has 1 amide bonds. The normalized spacial score (nSPS) is 24.1. The Balaban J connectivity index is 1.73. The lowest BCUT2D eigenvalue weighted by Crippen LogP contribution is -2.44. The Kier molecular flexibility index (Phi) is 4.82. The van der Waals surface area contributed by atoms with Crippen LogP contribution < -0.4 is 10.6 Å². The number of amides is 1. The Morgan fingerprint density at radius 3 is 2.82 bits per heavy atom. The van der Waals surface area contributed by atoms with Gasteiger partial charge in [-0.3, -0.25) is 4.79 Å². The van der Waals surface area contributed by atoms with Crippen molar-refractivity contribution in [2.24, 2.45) is 5.92 Å². The maximum Gasteiger partial charge on any atom is 0.224 e. The average molecular weight is 300 g/mol. The van der Waals surface area contributed by atoms with Crippen molar-refractivity contribution < 1.29 is 4.79 Å². The van der Waals surface area contributed by atoms with Gasteiger partial charge >= 0.3 is 0 Å². The minimum Gasteiger partial charge on any atom is -0.355 e. The third-order valence-corrected chi connectivity index (χ3v) is 5.47. The van der Waals surface area contributed by atoms with Crippen LogP contribution in [0.2, 0.25) is 0 Å². The number of benzene rings is 1. The molecule has 1 heterocycles. The first-order valence-corrected chi connectivity index (χ1v) is 8.75. The second-order valence-electron chi connectivity index (χ2n) is 7.12. The summed E-state index contributed by atoms with van der Waals surface area (Å²) in [4.78, 5) is 12.4. The van der Waals surface area contributed by atoms with E-state index in [1.54, 1.807) is 0 Å². The van der Waals surface area contributed by atoms with E-state index in [1.807, 2.05) is 0 Å². The van der Waals surface area contributed by atoms with Gasteiger partial charge in [0, 0.05) is 18.5 Å². The average Bonchev–Trinajstić information content (AvgIpc) is 3.08. The summed E-state index contributed by atoms with van der Waals surface area (Å²) in [6.07, 6.45) is 7.24. The van der Waals surface area contributed by atoms with Gasteiger partial charge in [-0.1, -0.05) is 49.1 Å². The Hall–Kier alpha value is -1.35. The van der Waals surface area contributed by atoms with Crippen molar-refractivity contribution >= 4 is 5.91 Å². The first-order valence-electron chi connectivity index (χ1n) is 8.75. The Morgan fingerprint density at radius 2 is 2.14 bits per heavy atom. The molecule has 1 aliphatic carbocycles. The van der Waals surface area contributed by atoms with Crippen molar-refractivity contribution in [3.05, 3.63) is 35.4 Å². The van der Waals surface area contributed by atoms with Crippen molar-refractivity contribution in [2.45, 2.75) is 50.9 Å². The highest BCUT2D eigenvalue weighted by atomic mass is 16.1. The van der Waals surface area contributed by atoms with Crippen molar-refractivity contribution in [3.8, 4) is 0 Å². The van der Waals surface area contributed by atoms with E-state index in [4.69, 9.17) is 0 Å². The highest BCUT2D eigenvalue weighted by molar-refractivity contribution is 5.79. The zero-order valence-corrected chi connectivity index (χ0v) is 13.7. The third kappa shape index (κ3) is 3.35. The third-order valence-electron chi connectivity index (χ3n) is 5.47. The lowest BCUT2D eigenvalue weighted by Gasteiger charge is -2.38. The summed E-state index contributed by atoms with van der Waals surface area (Å²) in [6.45, 7) is 4.76. The fourth-order valence-corrected chi connectivity index (χ4v) is 4.05. The molecule has 1 aromatic carbocycles. The fraction of sp³-hybridized carbons (Fsp3) is 0.632. The number of carbonyl (C=O) groups is 1. The van der Waals surface area contributed by atoms with Gasteiger partial charge in [0.25, 0.3) is 0 Å². The minimum absolute atomic E-state index is 0.145. The van der Waals surface area contributed by atoms with Crippen LogP contribution in [-0.2, 0) is 10.2 Å². The van der Waals surface area contributed by atoms with Crippen molar-refractivity contribution in [3.63, 3.8) is 0 Å². The molecule has 3 rings (SSSR count). The second kappa shape index (κ2) is 6.82. The summed E-state index contributed by atoms with van der Waals surface area (Å²) in [6, 6.07) is 8.88. The molecule has 120 valence electrons. The smallest absolute Gasteiger partial charge is 0.224 e. The number of hydrogen-bond donors (Lipinski definition) is 2. The Morgan fingerprint density at radius 1 is 1.32 bits per heavy atom. The van der Waals surface area contributed by atoms with E-state index in [9.17, 15) is 4.79 Å². The number of aryl methyl sites for hydroxylation is 1. The van der Waals surface area contributed by atoms with Gasteiger partial charge in [-0.25, -0.2) is 0 Å². The van der Waals surface area contributed by atoms with E-state index in [0.29, 0.717) is 0 Å². The van der Waals surface area contributed by atoms with E-state index < -0.39 is 0 Å². The van der Waals surface area contributed by atoms with Gasteiger partial charge < -0.3 is 10.6 Å². The van der Waals surface area contributed by atoms with Gasteiger partial charge in [0.2, 0.25) is 5.91 Å².